The van der Waals surface area contributed by atoms with Gasteiger partial charge in [0.15, 0.2) is 0 Å². The van der Waals surface area contributed by atoms with Gasteiger partial charge in [-0.3, -0.25) is 10.1 Å². The van der Waals surface area contributed by atoms with Crippen LogP contribution in [0.15, 0.2) is 22.7 Å². The van der Waals surface area contributed by atoms with E-state index in [0.717, 1.165) is 25.3 Å². The molecule has 1 amide bonds. The highest BCUT2D eigenvalue weighted by molar-refractivity contribution is 6.05. The van der Waals surface area contributed by atoms with Crippen molar-refractivity contribution < 1.29 is 45.9 Å². The lowest BCUT2D eigenvalue weighted by molar-refractivity contribution is -0.293. The molecule has 0 bridgehead atoms. The predicted octanol–water partition coefficient (Wildman–Crippen LogP) is 2.47. The lowest BCUT2D eigenvalue weighted by atomic mass is 10.1. The first-order valence-electron chi connectivity index (χ1n) is 6.48. The number of alkyl halides is 5. The highest BCUT2D eigenvalue weighted by Gasteiger charge is 2.62. The summed E-state index contributed by atoms with van der Waals surface area (Å²) in [6.07, 6.45) is -5.96. The molecule has 0 aliphatic carbocycles. The number of methoxy groups -OCH3 is 1. The molecular formula is C13H8F5N3O5. The van der Waals surface area contributed by atoms with E-state index >= 15 is 0 Å². The molecule has 2 aromatic rings. The molecule has 0 saturated heterocycles. The fourth-order valence-corrected chi connectivity index (χ4v) is 1.66. The first kappa shape index (κ1) is 19.1. The molecule has 0 radical (unpaired) electrons. The Morgan fingerprint density at radius 3 is 2.42 bits per heavy atom. The zero-order chi connectivity index (χ0) is 19.7. The number of hydrogen-bond acceptors (Lipinski definition) is 7. The van der Waals surface area contributed by atoms with E-state index in [-0.39, 0.29) is 5.56 Å². The molecule has 8 nitrogen and oxygen atoms in total. The summed E-state index contributed by atoms with van der Waals surface area (Å²) in [4.78, 5) is 26.0. The fraction of sp³-hybridized carbons (Fsp3) is 0.231. The van der Waals surface area contributed by atoms with Gasteiger partial charge < -0.3 is 14.4 Å². The molecule has 2 rings (SSSR count). The Morgan fingerprint density at radius 2 is 1.88 bits per heavy atom. The number of amides is 1. The second-order valence-electron chi connectivity index (χ2n) is 4.67. The van der Waals surface area contributed by atoms with Gasteiger partial charge in [-0.25, -0.2) is 4.79 Å². The molecule has 1 aromatic carbocycles. The number of rotatable bonds is 4. The Balaban J connectivity index is 2.20. The zero-order valence-electron chi connectivity index (χ0n) is 12.6. The minimum atomic E-state index is -5.96. The number of anilines is 1. The van der Waals surface area contributed by atoms with Crippen LogP contribution in [-0.2, 0) is 10.7 Å². The molecule has 26 heavy (non-hydrogen) atoms. The standard InChI is InChI=1S/C13H8F5N3O5/c1-25-9(24)5-2-3-6(7(22)4-5)8(23)19-11-20-10(21-26-11)12(14,15)13(16,17)18/h2-4,22H,1H3,(H,19,20,21,23). The number of phenols is 1. The third-order valence-electron chi connectivity index (χ3n) is 2.95. The summed E-state index contributed by atoms with van der Waals surface area (Å²) in [5, 5.41) is 13.9. The van der Waals surface area contributed by atoms with Crippen LogP contribution in [0.25, 0.3) is 0 Å². The number of ether oxygens (including phenoxy) is 1. The Bertz CT molecular complexity index is 849. The van der Waals surface area contributed by atoms with Gasteiger partial charge >= 0.3 is 24.1 Å². The quantitative estimate of drug-likeness (QED) is 0.618. The summed E-state index contributed by atoms with van der Waals surface area (Å²) in [5.41, 5.74) is -0.536. The van der Waals surface area contributed by atoms with Crippen LogP contribution in [0.4, 0.5) is 28.0 Å². The molecule has 140 valence electrons. The molecule has 0 atom stereocenters. The number of aromatic nitrogens is 2. The Hall–Kier alpha value is -3.25. The van der Waals surface area contributed by atoms with Crippen LogP contribution in [0.1, 0.15) is 26.5 Å². The molecule has 0 aliphatic heterocycles. The van der Waals surface area contributed by atoms with E-state index in [0.29, 0.717) is 0 Å². The van der Waals surface area contributed by atoms with Crippen LogP contribution < -0.4 is 5.32 Å². The minimum Gasteiger partial charge on any atom is -0.507 e. The van der Waals surface area contributed by atoms with Crippen molar-refractivity contribution in [2.24, 2.45) is 0 Å². The van der Waals surface area contributed by atoms with Crippen molar-refractivity contribution in [2.75, 3.05) is 12.4 Å². The number of aromatic hydroxyl groups is 1. The van der Waals surface area contributed by atoms with E-state index in [4.69, 9.17) is 0 Å². The van der Waals surface area contributed by atoms with Crippen molar-refractivity contribution in [3.05, 3.63) is 35.2 Å². The third-order valence-corrected chi connectivity index (χ3v) is 2.95. The van der Waals surface area contributed by atoms with Crippen LogP contribution in [0.2, 0.25) is 0 Å². The van der Waals surface area contributed by atoms with E-state index in [2.05, 4.69) is 19.4 Å². The molecule has 0 unspecified atom stereocenters. The van der Waals surface area contributed by atoms with Gasteiger partial charge in [0, 0.05) is 0 Å². The average molecular weight is 381 g/mol. The maximum Gasteiger partial charge on any atom is 0.461 e. The molecular weight excluding hydrogens is 373 g/mol. The maximum absolute atomic E-state index is 13.0. The molecule has 0 saturated carbocycles. The molecule has 1 aromatic heterocycles. The van der Waals surface area contributed by atoms with Crippen molar-refractivity contribution in [3.8, 4) is 5.75 Å². The fourth-order valence-electron chi connectivity index (χ4n) is 1.66. The van der Waals surface area contributed by atoms with Gasteiger partial charge in [-0.2, -0.15) is 26.9 Å². The van der Waals surface area contributed by atoms with E-state index in [9.17, 15) is 36.6 Å². The lowest BCUT2D eigenvalue weighted by Crippen LogP contribution is -2.34. The van der Waals surface area contributed by atoms with E-state index < -0.39 is 47.1 Å². The van der Waals surface area contributed by atoms with Crippen LogP contribution in [0, 0.1) is 0 Å². The summed E-state index contributed by atoms with van der Waals surface area (Å²) < 4.78 is 71.3. The minimum absolute atomic E-state index is 0.0913. The van der Waals surface area contributed by atoms with Gasteiger partial charge in [0.2, 0.25) is 0 Å². The van der Waals surface area contributed by atoms with Crippen LogP contribution in [0.5, 0.6) is 5.75 Å². The highest BCUT2D eigenvalue weighted by Crippen LogP contribution is 2.42. The van der Waals surface area contributed by atoms with Gasteiger partial charge in [0.25, 0.3) is 11.7 Å². The van der Waals surface area contributed by atoms with E-state index in [1.54, 1.807) is 5.32 Å². The second-order valence-corrected chi connectivity index (χ2v) is 4.67. The highest BCUT2D eigenvalue weighted by atomic mass is 19.4. The molecule has 13 heteroatoms. The van der Waals surface area contributed by atoms with Crippen molar-refractivity contribution in [1.29, 1.82) is 0 Å². The number of esters is 1. The zero-order valence-corrected chi connectivity index (χ0v) is 12.6. The topological polar surface area (TPSA) is 115 Å². The number of halogens is 5. The van der Waals surface area contributed by atoms with Crippen molar-refractivity contribution in [3.63, 3.8) is 0 Å². The number of carbonyl (C=O) groups excluding carboxylic acids is 2. The SMILES string of the molecule is COC(=O)c1ccc(C(=O)Nc2nc(C(F)(F)C(F)(F)F)no2)c(O)c1. The average Bonchev–Trinajstić information content (AvgIpc) is 3.01. The summed E-state index contributed by atoms with van der Waals surface area (Å²) in [6, 6.07) is 1.93. The van der Waals surface area contributed by atoms with Gasteiger partial charge in [-0.15, -0.1) is 0 Å². The Kier molecular flexibility index (Phi) is 4.82. The summed E-state index contributed by atoms with van der Waals surface area (Å²) in [5.74, 6) is -10.0. The third kappa shape index (κ3) is 3.55. The van der Waals surface area contributed by atoms with Crippen LogP contribution in [0.3, 0.4) is 0 Å². The number of phenolic OH excluding ortho intramolecular Hbond substituents is 1. The van der Waals surface area contributed by atoms with Gasteiger partial charge in [-0.1, -0.05) is 5.16 Å². The van der Waals surface area contributed by atoms with Crippen LogP contribution >= 0.6 is 0 Å². The summed E-state index contributed by atoms with van der Waals surface area (Å²) in [6.45, 7) is 0. The van der Waals surface area contributed by atoms with E-state index in [1.807, 2.05) is 0 Å². The van der Waals surface area contributed by atoms with Crippen molar-refractivity contribution in [2.45, 2.75) is 12.1 Å². The van der Waals surface area contributed by atoms with Crippen LogP contribution in [-0.4, -0.2) is 40.4 Å². The van der Waals surface area contributed by atoms with Gasteiger partial charge in [0.1, 0.15) is 5.75 Å². The number of carbonyl (C=O) groups is 2. The van der Waals surface area contributed by atoms with Crippen molar-refractivity contribution in [1.82, 2.24) is 10.1 Å². The van der Waals surface area contributed by atoms with Crippen molar-refractivity contribution >= 4 is 17.9 Å². The molecule has 1 heterocycles. The molecule has 0 spiro atoms. The Morgan fingerprint density at radius 1 is 1.23 bits per heavy atom. The number of nitrogens with one attached hydrogen (secondary N) is 1. The lowest BCUT2D eigenvalue weighted by Gasteiger charge is -2.14. The first-order valence-corrected chi connectivity index (χ1v) is 6.48. The first-order chi connectivity index (χ1) is 12.0. The van der Waals surface area contributed by atoms with Gasteiger partial charge in [0.05, 0.1) is 18.2 Å². The normalized spacial score (nSPS) is 11.9. The second kappa shape index (κ2) is 6.57. The monoisotopic (exact) mass is 381 g/mol. The smallest absolute Gasteiger partial charge is 0.461 e. The van der Waals surface area contributed by atoms with E-state index in [1.165, 1.54) is 0 Å². The largest absolute Gasteiger partial charge is 0.507 e. The number of nitrogens with zero attached hydrogens (tertiary/aromatic N) is 2. The number of hydrogen-bond donors (Lipinski definition) is 2. The number of benzene rings is 1. The summed E-state index contributed by atoms with van der Waals surface area (Å²) in [7, 11) is 1.09. The predicted molar refractivity (Wildman–Crippen MR) is 71.6 cm³/mol. The molecule has 0 fully saturated rings. The Labute approximate surface area is 140 Å². The molecule has 0 aliphatic rings. The summed E-state index contributed by atoms with van der Waals surface area (Å²) >= 11 is 0. The maximum atomic E-state index is 13.0. The molecule has 2 N–H and O–H groups in total. The van der Waals surface area contributed by atoms with Gasteiger partial charge in [-0.05, 0) is 18.2 Å².